The number of hydrogen-bond donors (Lipinski definition) is 1. The van der Waals surface area contributed by atoms with Gasteiger partial charge in [-0.1, -0.05) is 12.1 Å². The highest BCUT2D eigenvalue weighted by molar-refractivity contribution is 8.55. The number of benzene rings is 1. The zero-order valence-electron chi connectivity index (χ0n) is 12.9. The summed E-state index contributed by atoms with van der Waals surface area (Å²) in [6, 6.07) is 8.92. The Labute approximate surface area is 135 Å². The summed E-state index contributed by atoms with van der Waals surface area (Å²) in [7, 11) is 0. The van der Waals surface area contributed by atoms with E-state index in [4.69, 9.17) is 14.3 Å². The van der Waals surface area contributed by atoms with Crippen LogP contribution >= 0.6 is 18.2 Å². The number of rotatable bonds is 10. The molecule has 1 aromatic carbocycles. The Morgan fingerprint density at radius 2 is 1.86 bits per heavy atom. The van der Waals surface area contributed by atoms with Crippen LogP contribution in [-0.2, 0) is 13.6 Å². The van der Waals surface area contributed by atoms with Gasteiger partial charge in [-0.15, -0.1) is 0 Å². The number of nitrogens with zero attached hydrogens (tertiary/aromatic N) is 1. The lowest BCUT2D eigenvalue weighted by Crippen LogP contribution is -1.99. The molecule has 1 aromatic rings. The Hall–Kier alpha value is -0.830. The van der Waals surface area contributed by atoms with E-state index < -0.39 is 12.9 Å². The highest BCUT2D eigenvalue weighted by Crippen LogP contribution is 2.60. The third kappa shape index (κ3) is 6.51. The van der Waals surface area contributed by atoms with Gasteiger partial charge in [0.15, 0.2) is 0 Å². The molecule has 0 unspecified atom stereocenters. The van der Waals surface area contributed by atoms with E-state index in [9.17, 15) is 9.67 Å². The monoisotopic (exact) mass is 343 g/mol. The summed E-state index contributed by atoms with van der Waals surface area (Å²) in [4.78, 5) is 0. The molecule has 0 heterocycles. The highest BCUT2D eigenvalue weighted by Gasteiger charge is 2.24. The summed E-state index contributed by atoms with van der Waals surface area (Å²) in [5, 5.41) is 18.8. The van der Waals surface area contributed by atoms with Crippen LogP contribution in [0.15, 0.2) is 24.3 Å². The van der Waals surface area contributed by atoms with Gasteiger partial charge >= 0.3 is 6.80 Å². The van der Waals surface area contributed by atoms with Crippen LogP contribution in [0.3, 0.4) is 0 Å². The van der Waals surface area contributed by atoms with Crippen molar-refractivity contribution in [3.63, 3.8) is 0 Å². The van der Waals surface area contributed by atoms with E-state index in [0.717, 1.165) is 5.56 Å². The van der Waals surface area contributed by atoms with E-state index >= 15 is 0 Å². The quantitative estimate of drug-likeness (QED) is 0.504. The predicted octanol–water partition coefficient (Wildman–Crippen LogP) is 4.29. The second kappa shape index (κ2) is 10.0. The van der Waals surface area contributed by atoms with Crippen molar-refractivity contribution in [2.24, 2.45) is 0 Å². The smallest absolute Gasteiger partial charge is 0.388 e. The van der Waals surface area contributed by atoms with Crippen LogP contribution in [0.4, 0.5) is 0 Å². The Morgan fingerprint density at radius 3 is 2.36 bits per heavy atom. The van der Waals surface area contributed by atoms with E-state index in [1.165, 1.54) is 11.4 Å². The standard InChI is InChI=1S/C15H22NO4PS/c1-3-19-21(18,20-4-2)22-11-5-6-15(17)14-9-7-13(12-16)8-10-14/h7-10,15,17H,3-6,11H2,1-2H3/t15-/m1/s1. The number of aliphatic hydroxyl groups excluding tert-OH is 1. The molecular weight excluding hydrogens is 321 g/mol. The molecule has 5 nitrogen and oxygen atoms in total. The average Bonchev–Trinajstić information content (AvgIpc) is 2.52. The molecule has 1 atom stereocenters. The van der Waals surface area contributed by atoms with Gasteiger partial charge in [-0.05, 0) is 55.8 Å². The van der Waals surface area contributed by atoms with Gasteiger partial charge in [0.2, 0.25) is 0 Å². The summed E-state index contributed by atoms with van der Waals surface area (Å²) < 4.78 is 22.6. The first-order valence-corrected chi connectivity index (χ1v) is 10.4. The van der Waals surface area contributed by atoms with Gasteiger partial charge in [0.05, 0.1) is 31.0 Å². The van der Waals surface area contributed by atoms with Gasteiger partial charge in [0, 0.05) is 5.75 Å². The van der Waals surface area contributed by atoms with Gasteiger partial charge in [-0.25, -0.2) is 4.57 Å². The molecule has 0 aromatic heterocycles. The molecule has 1 N–H and O–H groups in total. The summed E-state index contributed by atoms with van der Waals surface area (Å²) in [5.41, 5.74) is 1.35. The van der Waals surface area contributed by atoms with Crippen molar-refractivity contribution >= 4 is 18.2 Å². The Kier molecular flexibility index (Phi) is 8.77. The first-order chi connectivity index (χ1) is 10.5. The number of nitriles is 1. The SMILES string of the molecule is CCOP(=O)(OCC)SCCC[C@@H](O)c1ccc(C#N)cc1. The lowest BCUT2D eigenvalue weighted by molar-refractivity contribution is 0.167. The molecule has 0 saturated carbocycles. The van der Waals surface area contributed by atoms with Crippen LogP contribution in [0, 0.1) is 11.3 Å². The fourth-order valence-electron chi connectivity index (χ4n) is 1.83. The van der Waals surface area contributed by atoms with Crippen molar-refractivity contribution in [3.8, 4) is 6.07 Å². The van der Waals surface area contributed by atoms with E-state index in [1.54, 1.807) is 38.1 Å². The second-order valence-corrected chi connectivity index (χ2v) is 8.70. The van der Waals surface area contributed by atoms with Gasteiger partial charge < -0.3 is 14.2 Å². The van der Waals surface area contributed by atoms with Crippen molar-refractivity contribution in [3.05, 3.63) is 35.4 Å². The summed E-state index contributed by atoms with van der Waals surface area (Å²) in [5.74, 6) is 0.588. The molecule has 1 rings (SSSR count). The molecule has 0 aliphatic heterocycles. The third-order valence-electron chi connectivity index (χ3n) is 2.87. The van der Waals surface area contributed by atoms with E-state index in [1.807, 2.05) is 6.07 Å². The molecule has 0 radical (unpaired) electrons. The lowest BCUT2D eigenvalue weighted by Gasteiger charge is -2.16. The van der Waals surface area contributed by atoms with Crippen LogP contribution in [-0.4, -0.2) is 24.1 Å². The van der Waals surface area contributed by atoms with Gasteiger partial charge in [-0.3, -0.25) is 0 Å². The Balaban J connectivity index is 2.39. The van der Waals surface area contributed by atoms with Crippen molar-refractivity contribution in [2.45, 2.75) is 32.8 Å². The van der Waals surface area contributed by atoms with Crippen molar-refractivity contribution < 1.29 is 18.7 Å². The molecule has 0 spiro atoms. The molecule has 7 heteroatoms. The van der Waals surface area contributed by atoms with Gasteiger partial charge in [-0.2, -0.15) is 5.26 Å². The molecule has 0 saturated heterocycles. The second-order valence-electron chi connectivity index (χ2n) is 4.51. The average molecular weight is 343 g/mol. The van der Waals surface area contributed by atoms with Crippen LogP contribution in [0.2, 0.25) is 0 Å². The third-order valence-corrected chi connectivity index (χ3v) is 6.94. The van der Waals surface area contributed by atoms with E-state index in [-0.39, 0.29) is 0 Å². The van der Waals surface area contributed by atoms with E-state index in [2.05, 4.69) is 0 Å². The maximum atomic E-state index is 12.2. The number of aliphatic hydroxyl groups is 1. The van der Waals surface area contributed by atoms with Crippen LogP contribution in [0.25, 0.3) is 0 Å². The van der Waals surface area contributed by atoms with Crippen LogP contribution in [0.1, 0.15) is 43.9 Å². The minimum atomic E-state index is -3.06. The summed E-state index contributed by atoms with van der Waals surface area (Å²) in [6.45, 7) is 1.19. The summed E-state index contributed by atoms with van der Waals surface area (Å²) in [6.07, 6.45) is 0.652. The zero-order chi connectivity index (χ0) is 16.4. The van der Waals surface area contributed by atoms with Crippen LogP contribution < -0.4 is 0 Å². The highest BCUT2D eigenvalue weighted by atomic mass is 32.7. The molecule has 0 aliphatic rings. The maximum Gasteiger partial charge on any atom is 0.389 e. The lowest BCUT2D eigenvalue weighted by atomic mass is 10.0. The minimum Gasteiger partial charge on any atom is -0.388 e. The molecule has 0 amide bonds. The first kappa shape index (κ1) is 19.2. The van der Waals surface area contributed by atoms with Gasteiger partial charge in [0.25, 0.3) is 0 Å². The minimum absolute atomic E-state index is 0.345. The molecule has 0 fully saturated rings. The van der Waals surface area contributed by atoms with Crippen molar-refractivity contribution in [1.29, 1.82) is 5.26 Å². The Bertz CT molecular complexity index is 519. The van der Waals surface area contributed by atoms with Crippen molar-refractivity contribution in [2.75, 3.05) is 19.0 Å². The molecule has 0 bridgehead atoms. The fourth-order valence-corrected chi connectivity index (χ4v) is 5.34. The number of hydrogen-bond acceptors (Lipinski definition) is 6. The summed E-state index contributed by atoms with van der Waals surface area (Å²) >= 11 is 1.17. The maximum absolute atomic E-state index is 12.2. The predicted molar refractivity (Wildman–Crippen MR) is 88.7 cm³/mol. The van der Waals surface area contributed by atoms with E-state index in [0.29, 0.717) is 37.4 Å². The van der Waals surface area contributed by atoms with Crippen molar-refractivity contribution in [1.82, 2.24) is 0 Å². The zero-order valence-corrected chi connectivity index (χ0v) is 14.6. The van der Waals surface area contributed by atoms with Crippen LogP contribution in [0.5, 0.6) is 0 Å². The molecule has 0 aliphatic carbocycles. The molecule has 22 heavy (non-hydrogen) atoms. The van der Waals surface area contributed by atoms with Gasteiger partial charge in [0.1, 0.15) is 0 Å². The molecule has 122 valence electrons. The Morgan fingerprint density at radius 1 is 1.27 bits per heavy atom. The molecular formula is C15H22NO4PS. The largest absolute Gasteiger partial charge is 0.389 e. The first-order valence-electron chi connectivity index (χ1n) is 7.26. The normalized spacial score (nSPS) is 12.8. The fraction of sp³-hybridized carbons (Fsp3) is 0.533. The topological polar surface area (TPSA) is 79.6 Å².